The van der Waals surface area contributed by atoms with Crippen LogP contribution < -0.4 is 14.8 Å². The SMILES string of the molecule is COc1ccc(CN(Cc2cccc(OC)c2)C(=S)Nc2ccc(Cl)cc2)cc1. The van der Waals surface area contributed by atoms with E-state index in [0.717, 1.165) is 28.3 Å². The lowest BCUT2D eigenvalue weighted by Gasteiger charge is -2.26. The van der Waals surface area contributed by atoms with Gasteiger partial charge in [-0.25, -0.2) is 0 Å². The summed E-state index contributed by atoms with van der Waals surface area (Å²) < 4.78 is 10.6. The van der Waals surface area contributed by atoms with Crippen LogP contribution in [0.15, 0.2) is 72.8 Å². The Morgan fingerprint density at radius 1 is 0.862 bits per heavy atom. The first-order valence-corrected chi connectivity index (χ1v) is 9.93. The van der Waals surface area contributed by atoms with E-state index in [0.29, 0.717) is 23.2 Å². The fourth-order valence-electron chi connectivity index (χ4n) is 2.88. The van der Waals surface area contributed by atoms with E-state index in [1.54, 1.807) is 14.2 Å². The minimum absolute atomic E-state index is 0.631. The number of nitrogens with one attached hydrogen (secondary N) is 1. The molecule has 0 spiro atoms. The fourth-order valence-corrected chi connectivity index (χ4v) is 3.25. The molecule has 6 heteroatoms. The van der Waals surface area contributed by atoms with Crippen molar-refractivity contribution in [1.82, 2.24) is 4.90 Å². The number of halogens is 1. The lowest BCUT2D eigenvalue weighted by atomic mass is 10.1. The van der Waals surface area contributed by atoms with Crippen molar-refractivity contribution in [3.8, 4) is 11.5 Å². The van der Waals surface area contributed by atoms with Gasteiger partial charge in [0.1, 0.15) is 11.5 Å². The van der Waals surface area contributed by atoms with Gasteiger partial charge >= 0.3 is 0 Å². The highest BCUT2D eigenvalue weighted by Gasteiger charge is 2.13. The van der Waals surface area contributed by atoms with Gasteiger partial charge in [-0.1, -0.05) is 35.9 Å². The van der Waals surface area contributed by atoms with Crippen LogP contribution in [0.3, 0.4) is 0 Å². The van der Waals surface area contributed by atoms with Gasteiger partial charge in [0.05, 0.1) is 14.2 Å². The number of rotatable bonds is 7. The van der Waals surface area contributed by atoms with Crippen LogP contribution in [0.1, 0.15) is 11.1 Å². The molecule has 29 heavy (non-hydrogen) atoms. The number of benzene rings is 3. The second-order valence-electron chi connectivity index (χ2n) is 6.49. The monoisotopic (exact) mass is 426 g/mol. The number of methoxy groups -OCH3 is 2. The van der Waals surface area contributed by atoms with Gasteiger partial charge in [-0.15, -0.1) is 0 Å². The lowest BCUT2D eigenvalue weighted by Crippen LogP contribution is -2.33. The highest BCUT2D eigenvalue weighted by molar-refractivity contribution is 7.80. The predicted molar refractivity (Wildman–Crippen MR) is 123 cm³/mol. The summed E-state index contributed by atoms with van der Waals surface area (Å²) in [6.45, 7) is 1.29. The average molecular weight is 427 g/mol. The number of hydrogen-bond donors (Lipinski definition) is 1. The van der Waals surface area contributed by atoms with E-state index in [4.69, 9.17) is 33.3 Å². The molecule has 0 aliphatic heterocycles. The Labute approximate surface area is 182 Å². The average Bonchev–Trinajstić information content (AvgIpc) is 2.75. The Balaban J connectivity index is 1.80. The van der Waals surface area contributed by atoms with Gasteiger partial charge in [-0.05, 0) is 71.9 Å². The third kappa shape index (κ3) is 6.11. The van der Waals surface area contributed by atoms with E-state index in [9.17, 15) is 0 Å². The Morgan fingerprint density at radius 2 is 1.52 bits per heavy atom. The molecule has 0 saturated carbocycles. The quantitative estimate of drug-likeness (QED) is 0.486. The zero-order valence-corrected chi connectivity index (χ0v) is 18.0. The van der Waals surface area contributed by atoms with Gasteiger partial charge in [0.15, 0.2) is 5.11 Å². The van der Waals surface area contributed by atoms with E-state index in [2.05, 4.69) is 16.3 Å². The number of hydrogen-bond acceptors (Lipinski definition) is 3. The lowest BCUT2D eigenvalue weighted by molar-refractivity contribution is 0.400. The standard InChI is InChI=1S/C23H23ClN2O2S/c1-27-21-12-6-17(7-13-21)15-26(16-18-4-3-5-22(14-18)28-2)23(29)25-20-10-8-19(24)9-11-20/h3-14H,15-16H2,1-2H3,(H,25,29). The van der Waals surface area contributed by atoms with E-state index in [1.165, 1.54) is 0 Å². The number of nitrogens with zero attached hydrogens (tertiary/aromatic N) is 1. The Bertz CT molecular complexity index is 946. The summed E-state index contributed by atoms with van der Waals surface area (Å²) in [5.74, 6) is 1.65. The second-order valence-corrected chi connectivity index (χ2v) is 7.32. The van der Waals surface area contributed by atoms with Gasteiger partial charge in [-0.2, -0.15) is 0 Å². The fraction of sp³-hybridized carbons (Fsp3) is 0.174. The highest BCUT2D eigenvalue weighted by atomic mass is 35.5. The van der Waals surface area contributed by atoms with E-state index in [-0.39, 0.29) is 0 Å². The summed E-state index contributed by atoms with van der Waals surface area (Å²) >= 11 is 11.7. The first-order valence-electron chi connectivity index (χ1n) is 9.15. The number of thiocarbonyl (C=S) groups is 1. The largest absolute Gasteiger partial charge is 0.497 e. The van der Waals surface area contributed by atoms with Gasteiger partial charge in [0.25, 0.3) is 0 Å². The summed E-state index contributed by atoms with van der Waals surface area (Å²) in [7, 11) is 3.33. The molecular formula is C23H23ClN2O2S. The van der Waals surface area contributed by atoms with Crippen molar-refractivity contribution in [3.63, 3.8) is 0 Å². The normalized spacial score (nSPS) is 10.3. The van der Waals surface area contributed by atoms with Crippen molar-refractivity contribution in [2.75, 3.05) is 19.5 Å². The summed E-state index contributed by atoms with van der Waals surface area (Å²) in [5, 5.41) is 4.62. The van der Waals surface area contributed by atoms with E-state index < -0.39 is 0 Å². The molecule has 0 amide bonds. The maximum atomic E-state index is 5.99. The zero-order chi connectivity index (χ0) is 20.6. The Morgan fingerprint density at radius 3 is 2.17 bits per heavy atom. The minimum atomic E-state index is 0.631. The van der Waals surface area contributed by atoms with E-state index >= 15 is 0 Å². The third-order valence-electron chi connectivity index (χ3n) is 4.42. The smallest absolute Gasteiger partial charge is 0.174 e. The van der Waals surface area contributed by atoms with Crippen LogP contribution in [0.2, 0.25) is 5.02 Å². The van der Waals surface area contributed by atoms with Crippen LogP contribution in [0, 0.1) is 0 Å². The molecule has 3 aromatic rings. The molecule has 0 unspecified atom stereocenters. The molecule has 0 atom stereocenters. The maximum Gasteiger partial charge on any atom is 0.174 e. The molecule has 0 aromatic heterocycles. The van der Waals surface area contributed by atoms with Gasteiger partial charge in [-0.3, -0.25) is 0 Å². The number of anilines is 1. The maximum absolute atomic E-state index is 5.99. The van der Waals surface area contributed by atoms with Crippen molar-refractivity contribution >= 4 is 34.6 Å². The molecule has 1 N–H and O–H groups in total. The molecular weight excluding hydrogens is 404 g/mol. The van der Waals surface area contributed by atoms with Crippen LogP contribution >= 0.6 is 23.8 Å². The van der Waals surface area contributed by atoms with Gasteiger partial charge in [0.2, 0.25) is 0 Å². The van der Waals surface area contributed by atoms with Crippen molar-refractivity contribution < 1.29 is 9.47 Å². The summed E-state index contributed by atoms with van der Waals surface area (Å²) in [5.41, 5.74) is 3.14. The molecule has 3 aromatic carbocycles. The van der Waals surface area contributed by atoms with Crippen LogP contribution in [0.5, 0.6) is 11.5 Å². The van der Waals surface area contributed by atoms with Gasteiger partial charge < -0.3 is 19.7 Å². The molecule has 0 aliphatic carbocycles. The molecule has 0 radical (unpaired) electrons. The molecule has 0 fully saturated rings. The zero-order valence-electron chi connectivity index (χ0n) is 16.4. The van der Waals surface area contributed by atoms with Gasteiger partial charge in [0, 0.05) is 23.8 Å². The molecule has 150 valence electrons. The van der Waals surface area contributed by atoms with Crippen molar-refractivity contribution in [2.24, 2.45) is 0 Å². The summed E-state index contributed by atoms with van der Waals surface area (Å²) in [6, 6.07) is 23.5. The first-order chi connectivity index (χ1) is 14.1. The summed E-state index contributed by atoms with van der Waals surface area (Å²) in [4.78, 5) is 2.11. The van der Waals surface area contributed by atoms with Crippen LogP contribution in [-0.2, 0) is 13.1 Å². The highest BCUT2D eigenvalue weighted by Crippen LogP contribution is 2.20. The van der Waals surface area contributed by atoms with Crippen molar-refractivity contribution in [3.05, 3.63) is 88.9 Å². The molecule has 0 heterocycles. The summed E-state index contributed by atoms with van der Waals surface area (Å²) in [6.07, 6.45) is 0. The van der Waals surface area contributed by atoms with Crippen LogP contribution in [-0.4, -0.2) is 24.2 Å². The van der Waals surface area contributed by atoms with Crippen LogP contribution in [0.4, 0.5) is 5.69 Å². The Hall–Kier alpha value is -2.76. The predicted octanol–water partition coefficient (Wildman–Crippen LogP) is 5.76. The third-order valence-corrected chi connectivity index (χ3v) is 5.04. The molecule has 4 nitrogen and oxygen atoms in total. The first kappa shape index (κ1) is 21.0. The molecule has 0 saturated heterocycles. The van der Waals surface area contributed by atoms with Crippen molar-refractivity contribution in [2.45, 2.75) is 13.1 Å². The van der Waals surface area contributed by atoms with Crippen LogP contribution in [0.25, 0.3) is 0 Å². The molecule has 0 bridgehead atoms. The Kier molecular flexibility index (Phi) is 7.33. The molecule has 3 rings (SSSR count). The number of ether oxygens (including phenoxy) is 2. The molecule has 0 aliphatic rings. The van der Waals surface area contributed by atoms with Crippen molar-refractivity contribution in [1.29, 1.82) is 0 Å². The second kappa shape index (κ2) is 10.1. The minimum Gasteiger partial charge on any atom is -0.497 e. The van der Waals surface area contributed by atoms with E-state index in [1.807, 2.05) is 66.7 Å². The topological polar surface area (TPSA) is 33.7 Å².